The Kier molecular flexibility index (Phi) is 5.11. The van der Waals surface area contributed by atoms with Gasteiger partial charge in [0.25, 0.3) is 0 Å². The number of methoxy groups -OCH3 is 1. The maximum Gasteiger partial charge on any atom is 0.218 e. The highest BCUT2D eigenvalue weighted by molar-refractivity contribution is 7.88. The van der Waals surface area contributed by atoms with Crippen LogP contribution in [0.5, 0.6) is 5.75 Å². The van der Waals surface area contributed by atoms with Gasteiger partial charge < -0.3 is 4.74 Å². The monoisotopic (exact) mass is 395 g/mol. The van der Waals surface area contributed by atoms with Crippen molar-refractivity contribution in [1.29, 1.82) is 0 Å². The zero-order valence-electron chi connectivity index (χ0n) is 15.6. The Bertz CT molecular complexity index is 1070. The van der Waals surface area contributed by atoms with Gasteiger partial charge in [-0.05, 0) is 29.8 Å². The van der Waals surface area contributed by atoms with Crippen LogP contribution < -0.4 is 4.74 Å². The summed E-state index contributed by atoms with van der Waals surface area (Å²) < 4.78 is 32.3. The van der Waals surface area contributed by atoms with Crippen LogP contribution in [-0.2, 0) is 28.7 Å². The molecular formula is C21H21N3O3S. The largest absolute Gasteiger partial charge is 0.497 e. The molecule has 1 aliphatic heterocycles. The van der Waals surface area contributed by atoms with Crippen LogP contribution in [0.4, 0.5) is 0 Å². The molecule has 0 radical (unpaired) electrons. The van der Waals surface area contributed by atoms with Crippen LogP contribution in [0.3, 0.4) is 0 Å². The topological polar surface area (TPSA) is 72.4 Å². The van der Waals surface area contributed by atoms with E-state index >= 15 is 0 Å². The predicted octanol–water partition coefficient (Wildman–Crippen LogP) is 3.04. The fourth-order valence-corrected chi connectivity index (χ4v) is 4.78. The lowest BCUT2D eigenvalue weighted by atomic mass is 10.1. The number of ether oxygens (including phenoxy) is 1. The Morgan fingerprint density at radius 2 is 1.82 bits per heavy atom. The molecule has 3 aromatic rings. The van der Waals surface area contributed by atoms with Gasteiger partial charge >= 0.3 is 0 Å². The number of sulfonamides is 1. The van der Waals surface area contributed by atoms with Crippen molar-refractivity contribution >= 4 is 10.0 Å². The van der Waals surface area contributed by atoms with Crippen molar-refractivity contribution in [3.8, 4) is 17.1 Å². The Labute approximate surface area is 164 Å². The van der Waals surface area contributed by atoms with Crippen LogP contribution in [0, 0.1) is 0 Å². The van der Waals surface area contributed by atoms with Crippen molar-refractivity contribution in [2.45, 2.75) is 18.7 Å². The lowest BCUT2D eigenvalue weighted by Gasteiger charge is -2.27. The second kappa shape index (κ2) is 7.69. The summed E-state index contributed by atoms with van der Waals surface area (Å²) in [4.78, 5) is 9.11. The first-order chi connectivity index (χ1) is 13.5. The Balaban J connectivity index is 1.53. The Hall–Kier alpha value is -2.77. The lowest BCUT2D eigenvalue weighted by Crippen LogP contribution is -2.37. The summed E-state index contributed by atoms with van der Waals surface area (Å²) in [7, 11) is -1.76. The van der Waals surface area contributed by atoms with Gasteiger partial charge in [-0.15, -0.1) is 0 Å². The summed E-state index contributed by atoms with van der Waals surface area (Å²) in [5.41, 5.74) is 3.47. The maximum absolute atomic E-state index is 12.8. The molecule has 0 saturated heterocycles. The zero-order valence-corrected chi connectivity index (χ0v) is 16.4. The zero-order chi connectivity index (χ0) is 19.6. The van der Waals surface area contributed by atoms with Gasteiger partial charge in [0.15, 0.2) is 5.82 Å². The fourth-order valence-electron chi connectivity index (χ4n) is 3.28. The maximum atomic E-state index is 12.8. The minimum Gasteiger partial charge on any atom is -0.497 e. The molecule has 4 rings (SSSR count). The van der Waals surface area contributed by atoms with Gasteiger partial charge in [0.05, 0.1) is 18.6 Å². The molecule has 0 spiro atoms. The number of benzene rings is 2. The smallest absolute Gasteiger partial charge is 0.218 e. The van der Waals surface area contributed by atoms with Gasteiger partial charge in [-0.25, -0.2) is 18.4 Å². The molecule has 1 aliphatic rings. The van der Waals surface area contributed by atoms with E-state index in [2.05, 4.69) is 9.97 Å². The quantitative estimate of drug-likeness (QED) is 0.664. The second-order valence-electron chi connectivity index (χ2n) is 6.72. The summed E-state index contributed by atoms with van der Waals surface area (Å²) in [6.45, 7) is 0.745. The van der Waals surface area contributed by atoms with E-state index in [1.165, 1.54) is 4.31 Å². The summed E-state index contributed by atoms with van der Waals surface area (Å²) in [6, 6.07) is 16.8. The normalized spacial score (nSPS) is 14.5. The molecule has 2 heterocycles. The van der Waals surface area contributed by atoms with E-state index in [4.69, 9.17) is 4.74 Å². The van der Waals surface area contributed by atoms with Gasteiger partial charge in [0.1, 0.15) is 5.75 Å². The average Bonchev–Trinajstić information content (AvgIpc) is 2.73. The molecule has 0 N–H and O–H groups in total. The van der Waals surface area contributed by atoms with Crippen LogP contribution in [0.2, 0.25) is 0 Å². The highest BCUT2D eigenvalue weighted by atomic mass is 32.2. The SMILES string of the molecule is COc1ccc(-c2ncc3c(n2)CCN(S(=O)(=O)Cc2ccccc2)C3)cc1. The molecule has 1 aromatic heterocycles. The van der Waals surface area contributed by atoms with E-state index in [-0.39, 0.29) is 5.75 Å². The number of hydrogen-bond donors (Lipinski definition) is 0. The van der Waals surface area contributed by atoms with Gasteiger partial charge in [0, 0.05) is 36.8 Å². The predicted molar refractivity (Wildman–Crippen MR) is 107 cm³/mol. The molecule has 144 valence electrons. The molecular weight excluding hydrogens is 374 g/mol. The molecule has 0 unspecified atom stereocenters. The first-order valence-corrected chi connectivity index (χ1v) is 10.7. The van der Waals surface area contributed by atoms with E-state index in [9.17, 15) is 8.42 Å². The molecule has 0 amide bonds. The number of nitrogens with zero attached hydrogens (tertiary/aromatic N) is 3. The van der Waals surface area contributed by atoms with E-state index in [1.54, 1.807) is 13.3 Å². The Morgan fingerprint density at radius 3 is 2.54 bits per heavy atom. The molecule has 0 aliphatic carbocycles. The van der Waals surface area contributed by atoms with Crippen LogP contribution in [0.1, 0.15) is 16.8 Å². The third kappa shape index (κ3) is 3.90. The molecule has 7 heteroatoms. The number of fused-ring (bicyclic) bond motifs is 1. The summed E-state index contributed by atoms with van der Waals surface area (Å²) in [5.74, 6) is 1.43. The molecule has 0 saturated carbocycles. The van der Waals surface area contributed by atoms with Gasteiger partial charge in [-0.3, -0.25) is 0 Å². The molecule has 0 atom stereocenters. The van der Waals surface area contributed by atoms with E-state index in [0.29, 0.717) is 25.3 Å². The van der Waals surface area contributed by atoms with E-state index < -0.39 is 10.0 Å². The molecule has 0 bridgehead atoms. The van der Waals surface area contributed by atoms with Crippen molar-refractivity contribution in [2.75, 3.05) is 13.7 Å². The second-order valence-corrected chi connectivity index (χ2v) is 8.69. The van der Waals surface area contributed by atoms with Crippen LogP contribution in [-0.4, -0.2) is 36.3 Å². The third-order valence-corrected chi connectivity index (χ3v) is 6.63. The first-order valence-electron chi connectivity index (χ1n) is 9.06. The number of rotatable bonds is 5. The van der Waals surface area contributed by atoms with Crippen molar-refractivity contribution in [1.82, 2.24) is 14.3 Å². The van der Waals surface area contributed by atoms with Crippen molar-refractivity contribution < 1.29 is 13.2 Å². The third-order valence-electron chi connectivity index (χ3n) is 4.83. The molecule has 28 heavy (non-hydrogen) atoms. The Morgan fingerprint density at radius 1 is 1.07 bits per heavy atom. The number of hydrogen-bond acceptors (Lipinski definition) is 5. The van der Waals surface area contributed by atoms with Crippen LogP contribution in [0.25, 0.3) is 11.4 Å². The van der Waals surface area contributed by atoms with Gasteiger partial charge in [0.2, 0.25) is 10.0 Å². The molecule has 2 aromatic carbocycles. The van der Waals surface area contributed by atoms with Crippen molar-refractivity contribution in [2.24, 2.45) is 0 Å². The van der Waals surface area contributed by atoms with Crippen molar-refractivity contribution in [3.63, 3.8) is 0 Å². The summed E-state index contributed by atoms with van der Waals surface area (Å²) >= 11 is 0. The number of aromatic nitrogens is 2. The summed E-state index contributed by atoms with van der Waals surface area (Å²) in [6.07, 6.45) is 2.32. The van der Waals surface area contributed by atoms with E-state index in [0.717, 1.165) is 28.1 Å². The van der Waals surface area contributed by atoms with Gasteiger partial charge in [-0.2, -0.15) is 4.31 Å². The van der Waals surface area contributed by atoms with Crippen molar-refractivity contribution in [3.05, 3.63) is 77.6 Å². The van der Waals surface area contributed by atoms with Gasteiger partial charge in [-0.1, -0.05) is 30.3 Å². The standard InChI is InChI=1S/C21H21N3O3S/c1-27-19-9-7-17(8-10-19)21-22-13-18-14-24(12-11-20(18)23-21)28(25,26)15-16-5-3-2-4-6-16/h2-10,13H,11-12,14-15H2,1H3. The molecule has 0 fully saturated rings. The van der Waals surface area contributed by atoms with Crippen LogP contribution in [0.15, 0.2) is 60.8 Å². The lowest BCUT2D eigenvalue weighted by molar-refractivity contribution is 0.386. The molecule has 6 nitrogen and oxygen atoms in total. The fraction of sp³-hybridized carbons (Fsp3) is 0.238. The van der Waals surface area contributed by atoms with E-state index in [1.807, 2.05) is 54.6 Å². The average molecular weight is 395 g/mol. The minimum absolute atomic E-state index is 0.00790. The first kappa shape index (κ1) is 18.6. The highest BCUT2D eigenvalue weighted by Crippen LogP contribution is 2.25. The minimum atomic E-state index is -3.39. The van der Waals surface area contributed by atoms with Crippen LogP contribution >= 0.6 is 0 Å². The highest BCUT2D eigenvalue weighted by Gasteiger charge is 2.28. The summed E-state index contributed by atoms with van der Waals surface area (Å²) in [5, 5.41) is 0.